The monoisotopic (exact) mass is 361 g/mol. The number of para-hydroxylation sites is 1. The first-order chi connectivity index (χ1) is 13.3. The van der Waals surface area contributed by atoms with E-state index in [1.807, 2.05) is 43.3 Å². The van der Waals surface area contributed by atoms with Crippen LogP contribution in [0.2, 0.25) is 0 Å². The summed E-state index contributed by atoms with van der Waals surface area (Å²) >= 11 is 0. The average Bonchev–Trinajstić information content (AvgIpc) is 3.37. The summed E-state index contributed by atoms with van der Waals surface area (Å²) < 4.78 is 7.50. The van der Waals surface area contributed by atoms with E-state index >= 15 is 0 Å². The number of benzene rings is 1. The Morgan fingerprint density at radius 3 is 2.85 bits per heavy atom. The van der Waals surface area contributed by atoms with E-state index < -0.39 is 0 Å². The molecule has 0 unspecified atom stereocenters. The maximum Gasteiger partial charge on any atom is 0.247 e. The molecule has 0 saturated carbocycles. The van der Waals surface area contributed by atoms with E-state index in [1.54, 1.807) is 29.6 Å². The lowest BCUT2D eigenvalue weighted by Crippen LogP contribution is -2.04. The molecule has 0 amide bonds. The zero-order chi connectivity index (χ0) is 18.5. The van der Waals surface area contributed by atoms with Crippen LogP contribution in [0.3, 0.4) is 0 Å². The molecule has 0 fully saturated rings. The van der Waals surface area contributed by atoms with Gasteiger partial charge < -0.3 is 15.0 Å². The second kappa shape index (κ2) is 7.69. The number of H-pyrrole nitrogens is 1. The molecule has 0 atom stereocenters. The van der Waals surface area contributed by atoms with E-state index in [-0.39, 0.29) is 0 Å². The van der Waals surface area contributed by atoms with Crippen LogP contribution in [0.5, 0.6) is 5.75 Å². The molecule has 3 aromatic heterocycles. The summed E-state index contributed by atoms with van der Waals surface area (Å²) in [5.74, 6) is 2.07. The van der Waals surface area contributed by atoms with Crippen molar-refractivity contribution >= 4 is 11.6 Å². The molecule has 0 radical (unpaired) electrons. The van der Waals surface area contributed by atoms with Gasteiger partial charge in [0.25, 0.3) is 0 Å². The van der Waals surface area contributed by atoms with Crippen LogP contribution in [0.15, 0.2) is 61.3 Å². The van der Waals surface area contributed by atoms with Gasteiger partial charge in [-0.25, -0.2) is 9.67 Å². The number of nitrogens with zero attached hydrogens (tertiary/aromatic N) is 5. The van der Waals surface area contributed by atoms with Crippen LogP contribution in [0.4, 0.5) is 11.6 Å². The highest BCUT2D eigenvalue weighted by atomic mass is 16.5. The maximum atomic E-state index is 5.78. The zero-order valence-electron chi connectivity index (χ0n) is 14.8. The van der Waals surface area contributed by atoms with E-state index in [4.69, 9.17) is 4.74 Å². The van der Waals surface area contributed by atoms with Gasteiger partial charge >= 0.3 is 0 Å². The number of aryl methyl sites for hydroxylation is 1. The Morgan fingerprint density at radius 2 is 2.04 bits per heavy atom. The number of hydrogen-bond donors (Lipinski definition) is 2. The van der Waals surface area contributed by atoms with Gasteiger partial charge in [0.15, 0.2) is 0 Å². The highest BCUT2D eigenvalue weighted by molar-refractivity contribution is 5.58. The minimum absolute atomic E-state index is 0.497. The number of pyridine rings is 1. The molecular formula is C19H19N7O. The van der Waals surface area contributed by atoms with Crippen LogP contribution in [0.25, 0.3) is 5.69 Å². The first-order valence-electron chi connectivity index (χ1n) is 8.60. The van der Waals surface area contributed by atoms with E-state index in [0.717, 1.165) is 22.9 Å². The summed E-state index contributed by atoms with van der Waals surface area (Å²) in [5, 5.41) is 7.66. The Hall–Kier alpha value is -3.68. The Labute approximate surface area is 156 Å². The lowest BCUT2D eigenvalue weighted by Gasteiger charge is -2.09. The number of rotatable bonds is 7. The van der Waals surface area contributed by atoms with Gasteiger partial charge in [0.1, 0.15) is 17.9 Å². The summed E-state index contributed by atoms with van der Waals surface area (Å²) in [6.45, 7) is 2.43. The maximum absolute atomic E-state index is 5.78. The molecule has 3 heterocycles. The molecule has 0 spiro atoms. The summed E-state index contributed by atoms with van der Waals surface area (Å²) in [6.07, 6.45) is 7.61. The predicted octanol–water partition coefficient (Wildman–Crippen LogP) is 3.06. The fraction of sp³-hybridized carbons (Fsp3) is 0.158. The molecular weight excluding hydrogens is 342 g/mol. The molecule has 4 rings (SSSR count). The van der Waals surface area contributed by atoms with Gasteiger partial charge in [0, 0.05) is 24.9 Å². The third-order valence-electron chi connectivity index (χ3n) is 3.98. The predicted molar refractivity (Wildman–Crippen MR) is 101 cm³/mol. The molecule has 0 bridgehead atoms. The number of ether oxygens (including phenoxy) is 1. The highest BCUT2D eigenvalue weighted by Gasteiger charge is 2.08. The fourth-order valence-corrected chi connectivity index (χ4v) is 2.57. The highest BCUT2D eigenvalue weighted by Crippen LogP contribution is 2.22. The normalized spacial score (nSPS) is 10.7. The van der Waals surface area contributed by atoms with Crippen molar-refractivity contribution in [3.63, 3.8) is 0 Å². The standard InChI is InChI=1S/C19H19N7O/c1-14-17(11-16(12-22-14)27-10-7-18-20-8-9-21-18)24-19-23-13-26(25-19)15-5-3-2-4-6-15/h2-6,8-9,11-13H,7,10H2,1H3,(H,20,21)(H,24,25). The van der Waals surface area contributed by atoms with E-state index in [1.165, 1.54) is 0 Å². The molecule has 0 saturated heterocycles. The second-order valence-corrected chi connectivity index (χ2v) is 5.91. The lowest BCUT2D eigenvalue weighted by atomic mass is 10.3. The first kappa shape index (κ1) is 16.8. The van der Waals surface area contributed by atoms with Crippen molar-refractivity contribution in [1.29, 1.82) is 0 Å². The molecule has 2 N–H and O–H groups in total. The zero-order valence-corrected chi connectivity index (χ0v) is 14.8. The third-order valence-corrected chi connectivity index (χ3v) is 3.98. The Bertz CT molecular complexity index is 996. The van der Waals surface area contributed by atoms with Crippen LogP contribution in [0.1, 0.15) is 11.5 Å². The Morgan fingerprint density at radius 1 is 1.15 bits per heavy atom. The SMILES string of the molecule is Cc1ncc(OCCc2ncc[nH]2)cc1Nc1ncn(-c2ccccc2)n1. The summed E-state index contributed by atoms with van der Waals surface area (Å²) in [6, 6.07) is 11.7. The molecule has 136 valence electrons. The van der Waals surface area contributed by atoms with Gasteiger partial charge in [-0.15, -0.1) is 5.10 Å². The Kier molecular flexibility index (Phi) is 4.78. The van der Waals surface area contributed by atoms with Crippen molar-refractivity contribution < 1.29 is 4.74 Å². The van der Waals surface area contributed by atoms with Gasteiger partial charge in [0.2, 0.25) is 5.95 Å². The van der Waals surface area contributed by atoms with E-state index in [2.05, 4.69) is 30.4 Å². The quantitative estimate of drug-likeness (QED) is 0.525. The first-order valence-corrected chi connectivity index (χ1v) is 8.60. The van der Waals surface area contributed by atoms with Gasteiger partial charge in [-0.2, -0.15) is 4.98 Å². The summed E-state index contributed by atoms with van der Waals surface area (Å²) in [5.41, 5.74) is 2.59. The van der Waals surface area contributed by atoms with Gasteiger partial charge in [0.05, 0.1) is 29.9 Å². The fourth-order valence-electron chi connectivity index (χ4n) is 2.57. The van der Waals surface area contributed by atoms with E-state index in [0.29, 0.717) is 24.7 Å². The smallest absolute Gasteiger partial charge is 0.247 e. The average molecular weight is 361 g/mol. The molecule has 27 heavy (non-hydrogen) atoms. The van der Waals surface area contributed by atoms with Crippen LogP contribution >= 0.6 is 0 Å². The lowest BCUT2D eigenvalue weighted by molar-refractivity contribution is 0.318. The van der Waals surface area contributed by atoms with Crippen molar-refractivity contribution in [3.8, 4) is 11.4 Å². The minimum Gasteiger partial charge on any atom is -0.491 e. The van der Waals surface area contributed by atoms with E-state index in [9.17, 15) is 0 Å². The summed E-state index contributed by atoms with van der Waals surface area (Å²) in [4.78, 5) is 15.9. The van der Waals surface area contributed by atoms with Crippen LogP contribution < -0.4 is 10.1 Å². The second-order valence-electron chi connectivity index (χ2n) is 5.91. The largest absolute Gasteiger partial charge is 0.491 e. The van der Waals surface area contributed by atoms with Crippen LogP contribution in [-0.4, -0.2) is 36.3 Å². The molecule has 8 nitrogen and oxygen atoms in total. The summed E-state index contributed by atoms with van der Waals surface area (Å²) in [7, 11) is 0. The van der Waals surface area contributed by atoms with Gasteiger partial charge in [-0.1, -0.05) is 18.2 Å². The molecule has 0 aliphatic rings. The number of aromatic nitrogens is 6. The van der Waals surface area contributed by atoms with Gasteiger partial charge in [-0.3, -0.25) is 4.98 Å². The molecule has 0 aliphatic heterocycles. The van der Waals surface area contributed by atoms with Crippen molar-refractivity contribution in [3.05, 3.63) is 72.8 Å². The third kappa shape index (κ3) is 4.12. The number of aromatic amines is 1. The van der Waals surface area contributed by atoms with Crippen molar-refractivity contribution in [2.24, 2.45) is 0 Å². The van der Waals surface area contributed by atoms with Crippen LogP contribution in [0, 0.1) is 6.92 Å². The molecule has 8 heteroatoms. The number of nitrogens with one attached hydrogen (secondary N) is 2. The topological polar surface area (TPSA) is 93.5 Å². The molecule has 4 aromatic rings. The minimum atomic E-state index is 0.497. The van der Waals surface area contributed by atoms with Gasteiger partial charge in [-0.05, 0) is 19.1 Å². The van der Waals surface area contributed by atoms with Crippen molar-refractivity contribution in [2.45, 2.75) is 13.3 Å². The Balaban J connectivity index is 1.43. The van der Waals surface area contributed by atoms with Crippen molar-refractivity contribution in [1.82, 2.24) is 29.7 Å². The molecule has 1 aromatic carbocycles. The van der Waals surface area contributed by atoms with Crippen LogP contribution in [-0.2, 0) is 6.42 Å². The molecule has 0 aliphatic carbocycles. The number of hydrogen-bond acceptors (Lipinski definition) is 6. The number of imidazole rings is 1. The number of anilines is 2. The van der Waals surface area contributed by atoms with Crippen molar-refractivity contribution in [2.75, 3.05) is 11.9 Å².